The summed E-state index contributed by atoms with van der Waals surface area (Å²) in [5.41, 5.74) is 2.16. The molecule has 0 saturated heterocycles. The Balaban J connectivity index is 1.91. The summed E-state index contributed by atoms with van der Waals surface area (Å²) < 4.78 is 0. The zero-order chi connectivity index (χ0) is 14.8. The van der Waals surface area contributed by atoms with E-state index in [2.05, 4.69) is 4.98 Å². The molecular weight excluding hydrogens is 270 g/mol. The second-order valence-electron chi connectivity index (χ2n) is 4.83. The minimum atomic E-state index is -0.478. The van der Waals surface area contributed by atoms with E-state index in [0.717, 1.165) is 24.2 Å². The first kappa shape index (κ1) is 13.2. The van der Waals surface area contributed by atoms with Crippen LogP contribution >= 0.6 is 0 Å². The molecule has 0 fully saturated rings. The number of non-ortho nitro benzene ring substituents is 1. The molecule has 0 radical (unpaired) electrons. The van der Waals surface area contributed by atoms with Crippen LogP contribution in [0.15, 0.2) is 42.6 Å². The van der Waals surface area contributed by atoms with Crippen LogP contribution in [0.4, 0.5) is 11.4 Å². The number of aryl methyl sites for hydroxylation is 1. The number of carbonyl (C=O) groups is 1. The van der Waals surface area contributed by atoms with Gasteiger partial charge in [-0.15, -0.1) is 0 Å². The molecule has 0 aliphatic carbocycles. The standard InChI is InChI=1S/C15H13N3O3/c19-15(11-5-7-12(8-6-11)18(20)21)17-10-2-3-13-14(17)4-1-9-16-13/h1,4-9H,2-3,10H2. The number of amides is 1. The molecule has 1 aliphatic heterocycles. The lowest BCUT2D eigenvalue weighted by Crippen LogP contribution is -2.35. The molecule has 0 saturated carbocycles. The van der Waals surface area contributed by atoms with Crippen LogP contribution < -0.4 is 4.90 Å². The third-order valence-corrected chi connectivity index (χ3v) is 3.52. The van der Waals surface area contributed by atoms with Gasteiger partial charge in [-0.2, -0.15) is 0 Å². The molecule has 106 valence electrons. The fraction of sp³-hybridized carbons (Fsp3) is 0.200. The van der Waals surface area contributed by atoms with Gasteiger partial charge in [-0.05, 0) is 37.1 Å². The van der Waals surface area contributed by atoms with Crippen molar-refractivity contribution in [1.82, 2.24) is 4.98 Å². The molecule has 1 aliphatic rings. The van der Waals surface area contributed by atoms with E-state index in [4.69, 9.17) is 0 Å². The highest BCUT2D eigenvalue weighted by molar-refractivity contribution is 6.06. The highest BCUT2D eigenvalue weighted by Gasteiger charge is 2.24. The molecule has 0 N–H and O–H groups in total. The number of aromatic nitrogens is 1. The number of benzene rings is 1. The highest BCUT2D eigenvalue weighted by Crippen LogP contribution is 2.26. The highest BCUT2D eigenvalue weighted by atomic mass is 16.6. The molecular formula is C15H13N3O3. The molecule has 0 atom stereocenters. The van der Waals surface area contributed by atoms with Gasteiger partial charge >= 0.3 is 0 Å². The van der Waals surface area contributed by atoms with Gasteiger partial charge in [0.1, 0.15) is 0 Å². The van der Waals surface area contributed by atoms with E-state index in [1.54, 1.807) is 17.2 Å². The van der Waals surface area contributed by atoms with Crippen molar-refractivity contribution in [2.24, 2.45) is 0 Å². The Kier molecular flexibility index (Phi) is 3.35. The van der Waals surface area contributed by atoms with Crippen LogP contribution in [0.2, 0.25) is 0 Å². The van der Waals surface area contributed by atoms with E-state index >= 15 is 0 Å². The van der Waals surface area contributed by atoms with Crippen LogP contribution in [0.5, 0.6) is 0 Å². The lowest BCUT2D eigenvalue weighted by atomic mass is 10.1. The third kappa shape index (κ3) is 2.47. The number of nitro benzene ring substituents is 1. The van der Waals surface area contributed by atoms with E-state index in [0.29, 0.717) is 12.1 Å². The van der Waals surface area contributed by atoms with Crippen LogP contribution in [-0.2, 0) is 6.42 Å². The molecule has 6 nitrogen and oxygen atoms in total. The van der Waals surface area contributed by atoms with Gasteiger partial charge in [0.05, 0.1) is 16.3 Å². The van der Waals surface area contributed by atoms with Crippen LogP contribution in [0.1, 0.15) is 22.5 Å². The molecule has 1 aromatic heterocycles. The lowest BCUT2D eigenvalue weighted by molar-refractivity contribution is -0.384. The number of nitrogens with zero attached hydrogens (tertiary/aromatic N) is 3. The molecule has 1 aromatic carbocycles. The van der Waals surface area contributed by atoms with E-state index in [1.807, 2.05) is 6.07 Å². The number of pyridine rings is 1. The molecule has 1 amide bonds. The first-order valence-corrected chi connectivity index (χ1v) is 6.67. The van der Waals surface area contributed by atoms with Crippen molar-refractivity contribution in [2.45, 2.75) is 12.8 Å². The number of fused-ring (bicyclic) bond motifs is 1. The number of carbonyl (C=O) groups excluding carboxylic acids is 1. The van der Waals surface area contributed by atoms with Gasteiger partial charge in [-0.1, -0.05) is 0 Å². The van der Waals surface area contributed by atoms with Crippen molar-refractivity contribution < 1.29 is 9.72 Å². The molecule has 0 spiro atoms. The predicted molar refractivity (Wildman–Crippen MR) is 77.3 cm³/mol. The molecule has 0 bridgehead atoms. The largest absolute Gasteiger partial charge is 0.307 e. The van der Waals surface area contributed by atoms with Crippen molar-refractivity contribution in [3.8, 4) is 0 Å². The summed E-state index contributed by atoms with van der Waals surface area (Å²) in [7, 11) is 0. The van der Waals surface area contributed by atoms with Gasteiger partial charge in [0.2, 0.25) is 0 Å². The van der Waals surface area contributed by atoms with Gasteiger partial charge in [0.25, 0.3) is 11.6 Å². The second-order valence-corrected chi connectivity index (χ2v) is 4.83. The zero-order valence-electron chi connectivity index (χ0n) is 11.2. The van der Waals surface area contributed by atoms with E-state index in [9.17, 15) is 14.9 Å². The summed E-state index contributed by atoms with van der Waals surface area (Å²) in [6, 6.07) is 9.37. The first-order chi connectivity index (χ1) is 10.2. The fourth-order valence-corrected chi connectivity index (χ4v) is 2.49. The van der Waals surface area contributed by atoms with Gasteiger partial charge in [0, 0.05) is 30.4 Å². The lowest BCUT2D eigenvalue weighted by Gasteiger charge is -2.28. The Bertz CT molecular complexity index is 698. The number of hydrogen-bond acceptors (Lipinski definition) is 4. The molecule has 21 heavy (non-hydrogen) atoms. The Morgan fingerprint density at radius 3 is 2.71 bits per heavy atom. The van der Waals surface area contributed by atoms with Crippen molar-refractivity contribution in [3.63, 3.8) is 0 Å². The number of rotatable bonds is 2. The minimum Gasteiger partial charge on any atom is -0.307 e. The van der Waals surface area contributed by atoms with E-state index in [-0.39, 0.29) is 11.6 Å². The van der Waals surface area contributed by atoms with Crippen molar-refractivity contribution in [3.05, 3.63) is 64.0 Å². The zero-order valence-corrected chi connectivity index (χ0v) is 11.2. The smallest absolute Gasteiger partial charge is 0.269 e. The number of nitro groups is 1. The third-order valence-electron chi connectivity index (χ3n) is 3.52. The van der Waals surface area contributed by atoms with Crippen LogP contribution in [-0.4, -0.2) is 22.4 Å². The van der Waals surface area contributed by atoms with Crippen LogP contribution in [0, 0.1) is 10.1 Å². The quantitative estimate of drug-likeness (QED) is 0.627. The molecule has 0 unspecified atom stereocenters. The fourth-order valence-electron chi connectivity index (χ4n) is 2.49. The Hall–Kier alpha value is -2.76. The average molecular weight is 283 g/mol. The predicted octanol–water partition coefficient (Wildman–Crippen LogP) is 2.58. The summed E-state index contributed by atoms with van der Waals surface area (Å²) >= 11 is 0. The van der Waals surface area contributed by atoms with Crippen LogP contribution in [0.3, 0.4) is 0 Å². The summed E-state index contributed by atoms with van der Waals surface area (Å²) in [6.45, 7) is 0.633. The SMILES string of the molecule is O=C(c1ccc([N+](=O)[O-])cc1)N1CCCc2ncccc21. The first-order valence-electron chi connectivity index (χ1n) is 6.67. The van der Waals surface area contributed by atoms with Gasteiger partial charge in [-0.3, -0.25) is 19.9 Å². The molecule has 2 heterocycles. The molecule has 6 heteroatoms. The average Bonchev–Trinajstić information content (AvgIpc) is 2.53. The summed E-state index contributed by atoms with van der Waals surface area (Å²) in [5.74, 6) is -0.154. The summed E-state index contributed by atoms with van der Waals surface area (Å²) in [4.78, 5) is 28.7. The maximum absolute atomic E-state index is 12.6. The maximum Gasteiger partial charge on any atom is 0.269 e. The van der Waals surface area contributed by atoms with Crippen molar-refractivity contribution in [2.75, 3.05) is 11.4 Å². The Morgan fingerprint density at radius 2 is 2.00 bits per heavy atom. The Morgan fingerprint density at radius 1 is 1.24 bits per heavy atom. The Labute approximate surface area is 121 Å². The monoisotopic (exact) mass is 283 g/mol. The van der Waals surface area contributed by atoms with Gasteiger partial charge in [0.15, 0.2) is 0 Å². The minimum absolute atomic E-state index is 0.0211. The summed E-state index contributed by atoms with van der Waals surface area (Å²) in [5, 5.41) is 10.6. The maximum atomic E-state index is 12.6. The van der Waals surface area contributed by atoms with E-state index in [1.165, 1.54) is 24.3 Å². The van der Waals surface area contributed by atoms with Crippen molar-refractivity contribution in [1.29, 1.82) is 0 Å². The normalized spacial score (nSPS) is 13.6. The topological polar surface area (TPSA) is 76.3 Å². The number of anilines is 1. The molecule has 2 aromatic rings. The number of hydrogen-bond donors (Lipinski definition) is 0. The van der Waals surface area contributed by atoms with Crippen molar-refractivity contribution >= 4 is 17.3 Å². The van der Waals surface area contributed by atoms with Gasteiger partial charge < -0.3 is 4.90 Å². The van der Waals surface area contributed by atoms with Crippen LogP contribution in [0.25, 0.3) is 0 Å². The molecule has 3 rings (SSSR count). The van der Waals surface area contributed by atoms with Gasteiger partial charge in [-0.25, -0.2) is 0 Å². The summed E-state index contributed by atoms with van der Waals surface area (Å²) in [6.07, 6.45) is 3.45. The second kappa shape index (κ2) is 5.32. The van der Waals surface area contributed by atoms with E-state index < -0.39 is 4.92 Å².